The van der Waals surface area contributed by atoms with Gasteiger partial charge in [0.25, 0.3) is 11.5 Å². The minimum absolute atomic E-state index is 0.203. The van der Waals surface area contributed by atoms with Crippen molar-refractivity contribution in [3.63, 3.8) is 0 Å². The molecule has 1 N–H and O–H groups in total. The number of aryl methyl sites for hydroxylation is 1. The number of rotatable bonds is 4. The first kappa shape index (κ1) is 14.5. The minimum Gasteiger partial charge on any atom is -0.350 e. The molecule has 0 atom stereocenters. The summed E-state index contributed by atoms with van der Waals surface area (Å²) in [5, 5.41) is 10.1. The molecule has 0 aliphatic carbocycles. The van der Waals surface area contributed by atoms with Gasteiger partial charge in [-0.2, -0.15) is 5.10 Å². The van der Waals surface area contributed by atoms with Crippen LogP contribution in [-0.4, -0.2) is 22.2 Å². The molecule has 5 nitrogen and oxygen atoms in total. The Bertz CT molecular complexity index is 869. The lowest BCUT2D eigenvalue weighted by Gasteiger charge is -2.08. The van der Waals surface area contributed by atoms with Crippen LogP contribution < -0.4 is 10.9 Å². The number of aromatic nitrogens is 2. The Morgan fingerprint density at radius 1 is 1.23 bits per heavy atom. The van der Waals surface area contributed by atoms with E-state index in [0.29, 0.717) is 17.3 Å². The van der Waals surface area contributed by atoms with Gasteiger partial charge in [-0.25, -0.2) is 4.68 Å². The Morgan fingerprint density at radius 3 is 2.73 bits per heavy atom. The number of carbonyl (C=O) groups is 1. The molecule has 112 valence electrons. The van der Waals surface area contributed by atoms with Gasteiger partial charge >= 0.3 is 0 Å². The number of carbonyl (C=O) groups excluding carboxylic acids is 1. The topological polar surface area (TPSA) is 64.0 Å². The van der Waals surface area contributed by atoms with Crippen LogP contribution in [0.4, 0.5) is 0 Å². The van der Waals surface area contributed by atoms with Crippen molar-refractivity contribution in [1.82, 2.24) is 15.1 Å². The van der Waals surface area contributed by atoms with E-state index in [-0.39, 0.29) is 17.2 Å². The second-order valence-corrected chi connectivity index (χ2v) is 5.94. The molecule has 0 spiro atoms. The van der Waals surface area contributed by atoms with Gasteiger partial charge in [0.05, 0.1) is 5.39 Å². The van der Waals surface area contributed by atoms with Crippen molar-refractivity contribution in [2.24, 2.45) is 7.05 Å². The molecule has 1 amide bonds. The molecule has 2 heterocycles. The predicted molar refractivity (Wildman–Crippen MR) is 87.3 cm³/mol. The zero-order chi connectivity index (χ0) is 15.5. The second-order valence-electron chi connectivity index (χ2n) is 4.91. The Hall–Kier alpha value is -2.47. The SMILES string of the molecule is Cn1nc(C(=O)NCCc2cccs2)c2ccccc2c1=O. The maximum absolute atomic E-state index is 12.4. The predicted octanol–water partition coefficient (Wildman–Crippen LogP) is 1.97. The summed E-state index contributed by atoms with van der Waals surface area (Å²) in [4.78, 5) is 25.6. The molecular weight excluding hydrogens is 298 g/mol. The molecule has 1 aromatic carbocycles. The van der Waals surface area contributed by atoms with Crippen molar-refractivity contribution in [3.05, 3.63) is 62.7 Å². The van der Waals surface area contributed by atoms with E-state index in [1.807, 2.05) is 17.5 Å². The highest BCUT2D eigenvalue weighted by Gasteiger charge is 2.14. The van der Waals surface area contributed by atoms with Crippen LogP contribution in [0.15, 0.2) is 46.6 Å². The fourth-order valence-electron chi connectivity index (χ4n) is 2.31. The molecule has 6 heteroatoms. The monoisotopic (exact) mass is 313 g/mol. The summed E-state index contributed by atoms with van der Waals surface area (Å²) in [5.41, 5.74) is 0.0783. The van der Waals surface area contributed by atoms with E-state index in [0.717, 1.165) is 6.42 Å². The second kappa shape index (κ2) is 6.11. The number of hydrogen-bond donors (Lipinski definition) is 1. The highest BCUT2D eigenvalue weighted by atomic mass is 32.1. The molecule has 3 rings (SSSR count). The van der Waals surface area contributed by atoms with Crippen LogP contribution in [0.1, 0.15) is 15.4 Å². The van der Waals surface area contributed by atoms with Gasteiger partial charge in [0.1, 0.15) is 0 Å². The van der Waals surface area contributed by atoms with Gasteiger partial charge in [0.15, 0.2) is 5.69 Å². The van der Waals surface area contributed by atoms with Crippen LogP contribution in [0.2, 0.25) is 0 Å². The number of benzene rings is 1. The summed E-state index contributed by atoms with van der Waals surface area (Å²) in [7, 11) is 1.55. The summed E-state index contributed by atoms with van der Waals surface area (Å²) >= 11 is 1.66. The van der Waals surface area contributed by atoms with Crippen molar-refractivity contribution in [2.45, 2.75) is 6.42 Å². The van der Waals surface area contributed by atoms with Gasteiger partial charge in [-0.1, -0.05) is 24.3 Å². The van der Waals surface area contributed by atoms with Gasteiger partial charge in [0, 0.05) is 23.9 Å². The third-order valence-corrected chi connectivity index (χ3v) is 4.34. The first-order valence-electron chi connectivity index (χ1n) is 6.93. The number of amides is 1. The van der Waals surface area contributed by atoms with Crippen LogP contribution >= 0.6 is 11.3 Å². The van der Waals surface area contributed by atoms with Crippen molar-refractivity contribution in [2.75, 3.05) is 6.54 Å². The number of hydrogen-bond acceptors (Lipinski definition) is 4. The summed E-state index contributed by atoms with van der Waals surface area (Å²) < 4.78 is 1.20. The third kappa shape index (κ3) is 2.78. The van der Waals surface area contributed by atoms with E-state index < -0.39 is 0 Å². The maximum Gasteiger partial charge on any atom is 0.274 e. The van der Waals surface area contributed by atoms with Gasteiger partial charge < -0.3 is 5.32 Å². The highest BCUT2D eigenvalue weighted by Crippen LogP contribution is 2.13. The molecule has 0 fully saturated rings. The smallest absolute Gasteiger partial charge is 0.274 e. The van der Waals surface area contributed by atoms with E-state index in [1.165, 1.54) is 9.56 Å². The zero-order valence-corrected chi connectivity index (χ0v) is 12.9. The number of fused-ring (bicyclic) bond motifs is 1. The van der Waals surface area contributed by atoms with Gasteiger partial charge in [-0.3, -0.25) is 9.59 Å². The summed E-state index contributed by atoms with van der Waals surface area (Å²) in [5.74, 6) is -0.261. The van der Waals surface area contributed by atoms with Crippen molar-refractivity contribution in [1.29, 1.82) is 0 Å². The maximum atomic E-state index is 12.4. The van der Waals surface area contributed by atoms with Gasteiger partial charge in [-0.15, -0.1) is 11.3 Å². The molecular formula is C16H15N3O2S. The molecule has 0 aliphatic rings. The summed E-state index contributed by atoms with van der Waals surface area (Å²) in [6, 6.07) is 11.1. The Morgan fingerprint density at radius 2 is 2.00 bits per heavy atom. The molecule has 0 unspecified atom stereocenters. The Kier molecular flexibility index (Phi) is 4.02. The molecule has 2 aromatic heterocycles. The van der Waals surface area contributed by atoms with Crippen LogP contribution in [0, 0.1) is 0 Å². The lowest BCUT2D eigenvalue weighted by molar-refractivity contribution is 0.0949. The Labute approximate surface area is 131 Å². The standard InChI is InChI=1S/C16H15N3O2S/c1-19-16(21)13-7-3-2-6-12(13)14(18-19)15(20)17-9-8-11-5-4-10-22-11/h2-7,10H,8-9H2,1H3,(H,17,20). The lowest BCUT2D eigenvalue weighted by atomic mass is 10.1. The molecule has 0 saturated heterocycles. The fourth-order valence-corrected chi connectivity index (χ4v) is 3.01. The number of nitrogens with zero attached hydrogens (tertiary/aromatic N) is 2. The zero-order valence-electron chi connectivity index (χ0n) is 12.1. The normalized spacial score (nSPS) is 10.8. The number of thiophene rings is 1. The van der Waals surface area contributed by atoms with Crippen molar-refractivity contribution in [3.8, 4) is 0 Å². The summed E-state index contributed by atoms with van der Waals surface area (Å²) in [6.45, 7) is 0.540. The average Bonchev–Trinajstić information content (AvgIpc) is 3.04. The highest BCUT2D eigenvalue weighted by molar-refractivity contribution is 7.09. The average molecular weight is 313 g/mol. The fraction of sp³-hybridized carbons (Fsp3) is 0.188. The van der Waals surface area contributed by atoms with E-state index >= 15 is 0 Å². The molecule has 22 heavy (non-hydrogen) atoms. The Balaban J connectivity index is 1.84. The van der Waals surface area contributed by atoms with Crippen LogP contribution in [0.25, 0.3) is 10.8 Å². The van der Waals surface area contributed by atoms with Crippen LogP contribution in [0.5, 0.6) is 0 Å². The van der Waals surface area contributed by atoms with E-state index in [1.54, 1.807) is 42.6 Å². The van der Waals surface area contributed by atoms with E-state index in [2.05, 4.69) is 10.4 Å². The lowest BCUT2D eigenvalue weighted by Crippen LogP contribution is -2.30. The third-order valence-electron chi connectivity index (χ3n) is 3.41. The van der Waals surface area contributed by atoms with Crippen molar-refractivity contribution >= 4 is 28.0 Å². The molecule has 0 aliphatic heterocycles. The molecule has 0 saturated carbocycles. The van der Waals surface area contributed by atoms with Gasteiger partial charge in [-0.05, 0) is 23.9 Å². The first-order valence-corrected chi connectivity index (χ1v) is 7.81. The number of nitrogens with one attached hydrogen (secondary N) is 1. The quantitative estimate of drug-likeness (QED) is 0.801. The van der Waals surface area contributed by atoms with E-state index in [9.17, 15) is 9.59 Å². The summed E-state index contributed by atoms with van der Waals surface area (Å²) in [6.07, 6.45) is 0.785. The molecule has 0 bridgehead atoms. The van der Waals surface area contributed by atoms with Gasteiger partial charge in [0.2, 0.25) is 0 Å². The van der Waals surface area contributed by atoms with E-state index in [4.69, 9.17) is 0 Å². The van der Waals surface area contributed by atoms with Crippen LogP contribution in [-0.2, 0) is 13.5 Å². The van der Waals surface area contributed by atoms with Crippen LogP contribution in [0.3, 0.4) is 0 Å². The van der Waals surface area contributed by atoms with Crippen molar-refractivity contribution < 1.29 is 4.79 Å². The molecule has 0 radical (unpaired) electrons. The first-order chi connectivity index (χ1) is 10.7. The minimum atomic E-state index is -0.261. The largest absolute Gasteiger partial charge is 0.350 e. The molecule has 3 aromatic rings.